The summed E-state index contributed by atoms with van der Waals surface area (Å²) >= 11 is 0. The molecule has 3 heteroatoms. The van der Waals surface area contributed by atoms with Gasteiger partial charge in [-0.15, -0.1) is 0 Å². The molecule has 0 saturated heterocycles. The number of carbonyl (C=O) groups is 3. The fraction of sp³-hybridized carbons (Fsp3) is 0.222. The maximum Gasteiger partial charge on any atom is 0.180 e. The number of ketones is 1. The Morgan fingerprint density at radius 1 is 1.42 bits per heavy atom. The molecule has 0 aliphatic heterocycles. The second-order valence-corrected chi connectivity index (χ2v) is 2.65. The van der Waals surface area contributed by atoms with E-state index in [1.54, 1.807) is 13.0 Å². The summed E-state index contributed by atoms with van der Waals surface area (Å²) in [5.41, 5.74) is 0.848. The van der Waals surface area contributed by atoms with Gasteiger partial charge in [0.2, 0.25) is 0 Å². The van der Waals surface area contributed by atoms with Gasteiger partial charge >= 0.3 is 0 Å². The molecule has 62 valence electrons. The molecule has 1 atom stereocenters. The number of carbonyl (C=O) groups excluding carboxylic acids is 3. The zero-order chi connectivity index (χ0) is 9.14. The maximum absolute atomic E-state index is 11.2. The molecule has 0 spiro atoms. The van der Waals surface area contributed by atoms with E-state index in [2.05, 4.69) is 0 Å². The average molecular weight is 164 g/mol. The Morgan fingerprint density at radius 3 is 2.58 bits per heavy atom. The molecule has 0 N–H and O–H groups in total. The second kappa shape index (κ2) is 3.26. The van der Waals surface area contributed by atoms with Crippen molar-refractivity contribution in [3.05, 3.63) is 23.3 Å². The minimum Gasteiger partial charge on any atom is -0.302 e. The Hall–Kier alpha value is -1.51. The van der Waals surface area contributed by atoms with E-state index >= 15 is 0 Å². The molecule has 1 aliphatic carbocycles. The lowest BCUT2D eigenvalue weighted by Gasteiger charge is -2.10. The Morgan fingerprint density at radius 2 is 2.08 bits per heavy atom. The van der Waals surface area contributed by atoms with Gasteiger partial charge in [0.25, 0.3) is 0 Å². The highest BCUT2D eigenvalue weighted by molar-refractivity contribution is 6.18. The van der Waals surface area contributed by atoms with E-state index in [9.17, 15) is 14.4 Å². The molecule has 0 radical (unpaired) electrons. The molecule has 0 amide bonds. The number of allylic oxidation sites excluding steroid dienone is 4. The monoisotopic (exact) mass is 164 g/mol. The minimum atomic E-state index is -0.768. The Balaban J connectivity index is 3.06. The van der Waals surface area contributed by atoms with Crippen molar-refractivity contribution in [1.82, 2.24) is 0 Å². The molecule has 1 rings (SSSR count). The third kappa shape index (κ3) is 1.39. The van der Waals surface area contributed by atoms with Crippen LogP contribution in [-0.2, 0) is 14.4 Å². The van der Waals surface area contributed by atoms with Gasteiger partial charge in [0.05, 0.1) is 11.5 Å². The fourth-order valence-corrected chi connectivity index (χ4v) is 1.11. The summed E-state index contributed by atoms with van der Waals surface area (Å²) in [7, 11) is 0. The lowest BCUT2D eigenvalue weighted by Crippen LogP contribution is -2.20. The van der Waals surface area contributed by atoms with Crippen LogP contribution in [0.4, 0.5) is 0 Å². The smallest absolute Gasteiger partial charge is 0.180 e. The summed E-state index contributed by atoms with van der Waals surface area (Å²) in [6.45, 7) is 1.74. The van der Waals surface area contributed by atoms with E-state index in [4.69, 9.17) is 0 Å². The van der Waals surface area contributed by atoms with Crippen LogP contribution in [0.25, 0.3) is 0 Å². The summed E-state index contributed by atoms with van der Waals surface area (Å²) < 4.78 is 0. The number of rotatable bonds is 2. The summed E-state index contributed by atoms with van der Waals surface area (Å²) in [5.74, 6) is -1.18. The van der Waals surface area contributed by atoms with Gasteiger partial charge in [0, 0.05) is 0 Å². The van der Waals surface area contributed by atoms with Gasteiger partial charge in [0.1, 0.15) is 6.29 Å². The van der Waals surface area contributed by atoms with Gasteiger partial charge in [0.15, 0.2) is 12.1 Å². The Kier molecular flexibility index (Phi) is 2.33. The quantitative estimate of drug-likeness (QED) is 0.338. The third-order valence-corrected chi connectivity index (χ3v) is 1.69. The van der Waals surface area contributed by atoms with Crippen LogP contribution in [0.5, 0.6) is 0 Å². The highest BCUT2D eigenvalue weighted by atomic mass is 16.2. The van der Waals surface area contributed by atoms with Crippen molar-refractivity contribution >= 4 is 18.4 Å². The fourth-order valence-electron chi connectivity index (χ4n) is 1.11. The largest absolute Gasteiger partial charge is 0.302 e. The van der Waals surface area contributed by atoms with Crippen molar-refractivity contribution in [1.29, 1.82) is 0 Å². The van der Waals surface area contributed by atoms with Crippen molar-refractivity contribution in [2.75, 3.05) is 0 Å². The number of aldehydes is 2. The van der Waals surface area contributed by atoms with Crippen LogP contribution in [0, 0.1) is 5.92 Å². The number of hydrogen-bond acceptors (Lipinski definition) is 3. The summed E-state index contributed by atoms with van der Waals surface area (Å²) in [4.78, 5) is 31.9. The van der Waals surface area contributed by atoms with Crippen molar-refractivity contribution < 1.29 is 14.4 Å². The molecule has 12 heavy (non-hydrogen) atoms. The SMILES string of the molecule is CC1=CC(C=O)C(=O)C(C=O)=C1. The Labute approximate surface area is 69.8 Å². The van der Waals surface area contributed by atoms with Crippen molar-refractivity contribution in [3.8, 4) is 0 Å². The van der Waals surface area contributed by atoms with Crippen molar-refractivity contribution in [3.63, 3.8) is 0 Å². The second-order valence-electron chi connectivity index (χ2n) is 2.65. The Bertz CT molecular complexity index is 297. The van der Waals surface area contributed by atoms with Crippen LogP contribution in [0.15, 0.2) is 23.3 Å². The molecule has 0 aromatic heterocycles. The van der Waals surface area contributed by atoms with Crippen LogP contribution in [0.3, 0.4) is 0 Å². The first-order valence-corrected chi connectivity index (χ1v) is 3.54. The lowest BCUT2D eigenvalue weighted by molar-refractivity contribution is -0.123. The minimum absolute atomic E-state index is 0.0760. The van der Waals surface area contributed by atoms with E-state index < -0.39 is 11.7 Å². The van der Waals surface area contributed by atoms with E-state index in [0.717, 1.165) is 5.57 Å². The zero-order valence-electron chi connectivity index (χ0n) is 6.61. The number of hydrogen-bond donors (Lipinski definition) is 0. The van der Waals surface area contributed by atoms with Crippen molar-refractivity contribution in [2.24, 2.45) is 5.92 Å². The molecular weight excluding hydrogens is 156 g/mol. The standard InChI is InChI=1S/C9H8O3/c1-6-2-7(4-10)9(12)8(3-6)5-11/h2-5,7H,1H3. The van der Waals surface area contributed by atoms with Gasteiger partial charge in [-0.1, -0.05) is 11.6 Å². The van der Waals surface area contributed by atoms with Crippen LogP contribution >= 0.6 is 0 Å². The first-order chi connectivity index (χ1) is 5.69. The molecule has 0 aromatic rings. The van der Waals surface area contributed by atoms with E-state index in [-0.39, 0.29) is 5.57 Å². The van der Waals surface area contributed by atoms with Crippen LogP contribution in [0.1, 0.15) is 6.92 Å². The topological polar surface area (TPSA) is 51.2 Å². The molecule has 0 saturated carbocycles. The van der Waals surface area contributed by atoms with Crippen LogP contribution in [0.2, 0.25) is 0 Å². The maximum atomic E-state index is 11.2. The lowest BCUT2D eigenvalue weighted by atomic mass is 9.91. The van der Waals surface area contributed by atoms with Gasteiger partial charge in [-0.05, 0) is 13.0 Å². The molecular formula is C9H8O3. The third-order valence-electron chi connectivity index (χ3n) is 1.69. The molecule has 0 fully saturated rings. The highest BCUT2D eigenvalue weighted by Crippen LogP contribution is 2.16. The normalized spacial score (nSPS) is 22.8. The molecule has 0 bridgehead atoms. The predicted octanol–water partition coefficient (Wildman–Crippen LogP) is 0.456. The highest BCUT2D eigenvalue weighted by Gasteiger charge is 2.22. The van der Waals surface area contributed by atoms with Gasteiger partial charge in [-0.2, -0.15) is 0 Å². The van der Waals surface area contributed by atoms with E-state index in [0.29, 0.717) is 12.6 Å². The van der Waals surface area contributed by atoms with Crippen LogP contribution < -0.4 is 0 Å². The first kappa shape index (κ1) is 8.59. The average Bonchev–Trinajstić information content (AvgIpc) is 2.08. The summed E-state index contributed by atoms with van der Waals surface area (Å²) in [6, 6.07) is 0. The van der Waals surface area contributed by atoms with Crippen molar-refractivity contribution in [2.45, 2.75) is 6.92 Å². The molecule has 0 heterocycles. The van der Waals surface area contributed by atoms with E-state index in [1.807, 2.05) is 0 Å². The first-order valence-electron chi connectivity index (χ1n) is 3.54. The van der Waals surface area contributed by atoms with Gasteiger partial charge < -0.3 is 4.79 Å². The number of Topliss-reactive ketones (excluding diaryl/α,β-unsaturated/α-hetero) is 1. The molecule has 0 aromatic carbocycles. The molecule has 3 nitrogen and oxygen atoms in total. The van der Waals surface area contributed by atoms with Gasteiger partial charge in [-0.3, -0.25) is 9.59 Å². The van der Waals surface area contributed by atoms with Crippen LogP contribution in [-0.4, -0.2) is 18.4 Å². The zero-order valence-corrected chi connectivity index (χ0v) is 6.61. The molecule has 1 unspecified atom stereocenters. The predicted molar refractivity (Wildman–Crippen MR) is 42.5 cm³/mol. The summed E-state index contributed by atoms with van der Waals surface area (Å²) in [6.07, 6.45) is 4.05. The summed E-state index contributed by atoms with van der Waals surface area (Å²) in [5, 5.41) is 0. The van der Waals surface area contributed by atoms with Gasteiger partial charge in [-0.25, -0.2) is 0 Å². The van der Waals surface area contributed by atoms with E-state index in [1.165, 1.54) is 6.08 Å². The molecule has 1 aliphatic rings.